The lowest BCUT2D eigenvalue weighted by atomic mass is 10.1. The van der Waals surface area contributed by atoms with Crippen molar-refractivity contribution in [2.24, 2.45) is 0 Å². The fourth-order valence-corrected chi connectivity index (χ4v) is 2.03. The van der Waals surface area contributed by atoms with Gasteiger partial charge in [-0.25, -0.2) is 0 Å². The maximum atomic E-state index is 6.25. The summed E-state index contributed by atoms with van der Waals surface area (Å²) in [5.74, 6) is 1.42. The second-order valence-corrected chi connectivity index (χ2v) is 6.49. The first-order valence-electron chi connectivity index (χ1n) is 6.92. The zero-order valence-electron chi connectivity index (χ0n) is 12.9. The van der Waals surface area contributed by atoms with Gasteiger partial charge in [-0.05, 0) is 45.4 Å². The first-order chi connectivity index (χ1) is 9.83. The molecule has 1 heterocycles. The Hall–Kier alpha value is -1.52. The minimum Gasteiger partial charge on any atom is -0.486 e. The van der Waals surface area contributed by atoms with E-state index in [-0.39, 0.29) is 5.54 Å². The van der Waals surface area contributed by atoms with Crippen LogP contribution in [-0.4, -0.2) is 10.7 Å². The fraction of sp³-hybridized carbons (Fsp3) is 0.438. The van der Waals surface area contributed by atoms with Crippen LogP contribution < -0.4 is 10.1 Å². The number of aromatic nitrogens is 1. The maximum absolute atomic E-state index is 6.25. The molecule has 1 aromatic carbocycles. The van der Waals surface area contributed by atoms with Crippen molar-refractivity contribution in [1.29, 1.82) is 0 Å². The lowest BCUT2D eigenvalue weighted by Crippen LogP contribution is -2.35. The molecule has 5 heteroatoms. The molecule has 0 saturated carbocycles. The predicted octanol–water partition coefficient (Wildman–Crippen LogP) is 4.10. The number of nitrogens with zero attached hydrogens (tertiary/aromatic N) is 1. The van der Waals surface area contributed by atoms with Crippen LogP contribution in [0.3, 0.4) is 0 Å². The number of benzene rings is 1. The average molecular weight is 309 g/mol. The highest BCUT2D eigenvalue weighted by molar-refractivity contribution is 6.32. The Morgan fingerprint density at radius 1 is 1.29 bits per heavy atom. The summed E-state index contributed by atoms with van der Waals surface area (Å²) in [5.41, 5.74) is 1.95. The first kappa shape index (κ1) is 15.9. The standard InChI is InChI=1S/C16H21ClN2O2/c1-11-7-13(19-21-11)10-20-15-6-5-12(8-14(15)17)9-18-16(2,3)4/h5-8,18H,9-10H2,1-4H3. The molecule has 0 bridgehead atoms. The molecule has 0 radical (unpaired) electrons. The third kappa shape index (κ3) is 5.06. The minimum absolute atomic E-state index is 0.0759. The quantitative estimate of drug-likeness (QED) is 0.903. The van der Waals surface area contributed by atoms with Crippen molar-refractivity contribution in [3.63, 3.8) is 0 Å². The normalized spacial score (nSPS) is 11.7. The molecule has 2 rings (SSSR count). The highest BCUT2D eigenvalue weighted by Crippen LogP contribution is 2.26. The summed E-state index contributed by atoms with van der Waals surface area (Å²) in [4.78, 5) is 0. The second kappa shape index (κ2) is 6.50. The van der Waals surface area contributed by atoms with Crippen LogP contribution in [0.15, 0.2) is 28.8 Å². The fourth-order valence-electron chi connectivity index (χ4n) is 1.78. The number of aryl methyl sites for hydroxylation is 1. The van der Waals surface area contributed by atoms with Crippen LogP contribution in [0.2, 0.25) is 5.02 Å². The highest BCUT2D eigenvalue weighted by Gasteiger charge is 2.10. The van der Waals surface area contributed by atoms with E-state index in [1.54, 1.807) is 0 Å². The number of hydrogen-bond acceptors (Lipinski definition) is 4. The van der Waals surface area contributed by atoms with Crippen LogP contribution in [0.4, 0.5) is 0 Å². The van der Waals surface area contributed by atoms with Crippen molar-refractivity contribution in [1.82, 2.24) is 10.5 Å². The molecule has 4 nitrogen and oxygen atoms in total. The molecule has 21 heavy (non-hydrogen) atoms. The van der Waals surface area contributed by atoms with Gasteiger partial charge in [0, 0.05) is 18.2 Å². The van der Waals surface area contributed by atoms with Crippen LogP contribution in [0, 0.1) is 6.92 Å². The Balaban J connectivity index is 1.95. The Bertz CT molecular complexity index is 603. The zero-order valence-corrected chi connectivity index (χ0v) is 13.6. The largest absolute Gasteiger partial charge is 0.486 e. The Morgan fingerprint density at radius 3 is 2.62 bits per heavy atom. The molecule has 2 aromatic rings. The van der Waals surface area contributed by atoms with Crippen molar-refractivity contribution in [2.75, 3.05) is 0 Å². The van der Waals surface area contributed by atoms with Gasteiger partial charge in [0.1, 0.15) is 23.8 Å². The molecule has 0 fully saturated rings. The van der Waals surface area contributed by atoms with E-state index in [0.717, 1.165) is 23.6 Å². The average Bonchev–Trinajstić information content (AvgIpc) is 2.80. The molecule has 1 aromatic heterocycles. The molecule has 0 aliphatic rings. The molecular weight excluding hydrogens is 288 g/mol. The number of nitrogens with one attached hydrogen (secondary N) is 1. The third-order valence-electron chi connectivity index (χ3n) is 2.87. The second-order valence-electron chi connectivity index (χ2n) is 6.09. The number of hydrogen-bond donors (Lipinski definition) is 1. The van der Waals surface area contributed by atoms with E-state index >= 15 is 0 Å². The van der Waals surface area contributed by atoms with Crippen LogP contribution in [0.5, 0.6) is 5.75 Å². The van der Waals surface area contributed by atoms with E-state index in [0.29, 0.717) is 17.4 Å². The Labute approximate surface area is 130 Å². The van der Waals surface area contributed by atoms with Gasteiger partial charge in [-0.2, -0.15) is 0 Å². The van der Waals surface area contributed by atoms with E-state index in [9.17, 15) is 0 Å². The summed E-state index contributed by atoms with van der Waals surface area (Å²) in [6.45, 7) is 9.35. The monoisotopic (exact) mass is 308 g/mol. The number of ether oxygens (including phenoxy) is 1. The smallest absolute Gasteiger partial charge is 0.138 e. The van der Waals surface area contributed by atoms with Crippen LogP contribution in [0.1, 0.15) is 37.8 Å². The molecular formula is C16H21ClN2O2. The van der Waals surface area contributed by atoms with Gasteiger partial charge in [0.2, 0.25) is 0 Å². The topological polar surface area (TPSA) is 47.3 Å². The van der Waals surface area contributed by atoms with Crippen LogP contribution in [-0.2, 0) is 13.2 Å². The van der Waals surface area contributed by atoms with Gasteiger partial charge in [-0.1, -0.05) is 22.8 Å². The molecule has 1 N–H and O–H groups in total. The van der Waals surface area contributed by atoms with Crippen molar-refractivity contribution >= 4 is 11.6 Å². The van der Waals surface area contributed by atoms with Gasteiger partial charge in [-0.3, -0.25) is 0 Å². The molecule has 0 saturated heterocycles. The lowest BCUT2D eigenvalue weighted by molar-refractivity contribution is 0.288. The molecule has 114 valence electrons. The molecule has 0 aliphatic heterocycles. The molecule has 0 spiro atoms. The van der Waals surface area contributed by atoms with Crippen molar-refractivity contribution in [3.8, 4) is 5.75 Å². The van der Waals surface area contributed by atoms with Gasteiger partial charge in [-0.15, -0.1) is 0 Å². The van der Waals surface area contributed by atoms with E-state index in [1.807, 2.05) is 31.2 Å². The van der Waals surface area contributed by atoms with Crippen molar-refractivity contribution < 1.29 is 9.26 Å². The predicted molar refractivity (Wildman–Crippen MR) is 83.6 cm³/mol. The maximum Gasteiger partial charge on any atom is 0.138 e. The van der Waals surface area contributed by atoms with Crippen molar-refractivity contribution in [3.05, 3.63) is 46.3 Å². The van der Waals surface area contributed by atoms with E-state index in [2.05, 4.69) is 31.2 Å². The van der Waals surface area contributed by atoms with Crippen LogP contribution in [0.25, 0.3) is 0 Å². The summed E-state index contributed by atoms with van der Waals surface area (Å²) in [5, 5.41) is 7.91. The third-order valence-corrected chi connectivity index (χ3v) is 3.17. The van der Waals surface area contributed by atoms with E-state index in [1.165, 1.54) is 0 Å². The number of halogens is 1. The highest BCUT2D eigenvalue weighted by atomic mass is 35.5. The lowest BCUT2D eigenvalue weighted by Gasteiger charge is -2.20. The van der Waals surface area contributed by atoms with Gasteiger partial charge in [0.25, 0.3) is 0 Å². The van der Waals surface area contributed by atoms with Gasteiger partial charge in [0.05, 0.1) is 5.02 Å². The summed E-state index contributed by atoms with van der Waals surface area (Å²) in [6.07, 6.45) is 0. The Morgan fingerprint density at radius 2 is 2.05 bits per heavy atom. The van der Waals surface area contributed by atoms with Gasteiger partial charge in [0.15, 0.2) is 0 Å². The van der Waals surface area contributed by atoms with Gasteiger partial charge < -0.3 is 14.6 Å². The van der Waals surface area contributed by atoms with Crippen LogP contribution >= 0.6 is 11.6 Å². The SMILES string of the molecule is Cc1cc(COc2ccc(CNC(C)(C)C)cc2Cl)no1. The van der Waals surface area contributed by atoms with E-state index < -0.39 is 0 Å². The first-order valence-corrected chi connectivity index (χ1v) is 7.30. The molecule has 0 aliphatic carbocycles. The van der Waals surface area contributed by atoms with Gasteiger partial charge >= 0.3 is 0 Å². The zero-order chi connectivity index (χ0) is 15.5. The summed E-state index contributed by atoms with van der Waals surface area (Å²) >= 11 is 6.25. The summed E-state index contributed by atoms with van der Waals surface area (Å²) in [7, 11) is 0. The summed E-state index contributed by atoms with van der Waals surface area (Å²) < 4.78 is 10.7. The summed E-state index contributed by atoms with van der Waals surface area (Å²) in [6, 6.07) is 7.65. The van der Waals surface area contributed by atoms with Crippen molar-refractivity contribution in [2.45, 2.75) is 46.4 Å². The molecule has 0 unspecified atom stereocenters. The minimum atomic E-state index is 0.0759. The van der Waals surface area contributed by atoms with E-state index in [4.69, 9.17) is 20.9 Å². The molecule has 0 atom stereocenters. The number of rotatable bonds is 5. The Kier molecular flexibility index (Phi) is 4.91. The molecule has 0 amide bonds.